The fourth-order valence-electron chi connectivity index (χ4n) is 5.17. The SMILES string of the molecule is CC(C)(C)OC(=O)Nc1ccc2c(c1)CN(C(=O)OCC1c3ccccc3-c3ccccc31)[C@@H](C(=O)O)C2. The van der Waals surface area contributed by atoms with E-state index in [2.05, 4.69) is 17.4 Å². The predicted octanol–water partition coefficient (Wildman–Crippen LogP) is 5.79. The quantitative estimate of drug-likeness (QED) is 0.456. The van der Waals surface area contributed by atoms with E-state index >= 15 is 0 Å². The fraction of sp³-hybridized carbons (Fsp3) is 0.300. The molecule has 8 nitrogen and oxygen atoms in total. The lowest BCUT2D eigenvalue weighted by molar-refractivity contribution is -0.143. The molecule has 3 aromatic rings. The number of hydrogen-bond donors (Lipinski definition) is 2. The van der Waals surface area contributed by atoms with Crippen molar-refractivity contribution in [2.45, 2.75) is 51.3 Å². The van der Waals surface area contributed by atoms with Gasteiger partial charge in [0.2, 0.25) is 0 Å². The average Bonchev–Trinajstić information content (AvgIpc) is 3.19. The van der Waals surface area contributed by atoms with Crippen molar-refractivity contribution >= 4 is 23.8 Å². The minimum atomic E-state index is -1.10. The Hall–Kier alpha value is -4.33. The van der Waals surface area contributed by atoms with Gasteiger partial charge in [-0.05, 0) is 66.3 Å². The number of amides is 2. The van der Waals surface area contributed by atoms with Crippen molar-refractivity contribution in [1.29, 1.82) is 0 Å². The third kappa shape index (κ3) is 5.07. The second kappa shape index (κ2) is 9.85. The van der Waals surface area contributed by atoms with Crippen LogP contribution in [0.25, 0.3) is 11.1 Å². The van der Waals surface area contributed by atoms with E-state index in [0.29, 0.717) is 5.69 Å². The lowest BCUT2D eigenvalue weighted by atomic mass is 9.93. The maximum atomic E-state index is 13.3. The maximum absolute atomic E-state index is 13.3. The van der Waals surface area contributed by atoms with Gasteiger partial charge in [0.1, 0.15) is 18.2 Å². The number of fused-ring (bicyclic) bond motifs is 4. The largest absolute Gasteiger partial charge is 0.480 e. The number of carboxylic acid groups (broad SMARTS) is 1. The van der Waals surface area contributed by atoms with Crippen molar-refractivity contribution in [1.82, 2.24) is 4.90 Å². The van der Waals surface area contributed by atoms with E-state index in [1.54, 1.807) is 39.0 Å². The third-order valence-electron chi connectivity index (χ3n) is 6.84. The Labute approximate surface area is 221 Å². The average molecular weight is 515 g/mol. The predicted molar refractivity (Wildman–Crippen MR) is 142 cm³/mol. The molecule has 8 heteroatoms. The molecular weight excluding hydrogens is 484 g/mol. The van der Waals surface area contributed by atoms with Gasteiger partial charge in [-0.25, -0.2) is 14.4 Å². The summed E-state index contributed by atoms with van der Waals surface area (Å²) >= 11 is 0. The van der Waals surface area contributed by atoms with Crippen LogP contribution in [-0.2, 0) is 27.2 Å². The Balaban J connectivity index is 1.33. The molecule has 3 aromatic carbocycles. The van der Waals surface area contributed by atoms with Crippen LogP contribution in [0.5, 0.6) is 0 Å². The van der Waals surface area contributed by atoms with Crippen molar-refractivity contribution in [2.75, 3.05) is 11.9 Å². The smallest absolute Gasteiger partial charge is 0.412 e. The van der Waals surface area contributed by atoms with Crippen LogP contribution >= 0.6 is 0 Å². The summed E-state index contributed by atoms with van der Waals surface area (Å²) in [5.41, 5.74) is 5.79. The molecule has 0 aromatic heterocycles. The van der Waals surface area contributed by atoms with Gasteiger partial charge >= 0.3 is 18.2 Å². The van der Waals surface area contributed by atoms with Crippen molar-refractivity contribution in [3.8, 4) is 11.1 Å². The molecule has 0 bridgehead atoms. The highest BCUT2D eigenvalue weighted by Crippen LogP contribution is 2.44. The Bertz CT molecular complexity index is 1360. The zero-order chi connectivity index (χ0) is 27.0. The molecule has 1 atom stereocenters. The highest BCUT2D eigenvalue weighted by Gasteiger charge is 2.37. The molecule has 0 fully saturated rings. The zero-order valence-electron chi connectivity index (χ0n) is 21.6. The fourth-order valence-corrected chi connectivity index (χ4v) is 5.17. The van der Waals surface area contributed by atoms with Crippen LogP contribution < -0.4 is 5.32 Å². The first-order chi connectivity index (χ1) is 18.1. The Kier molecular flexibility index (Phi) is 6.57. The van der Waals surface area contributed by atoms with Gasteiger partial charge in [-0.2, -0.15) is 0 Å². The zero-order valence-corrected chi connectivity index (χ0v) is 21.6. The summed E-state index contributed by atoms with van der Waals surface area (Å²) < 4.78 is 11.1. The monoisotopic (exact) mass is 514 g/mol. The van der Waals surface area contributed by atoms with Gasteiger partial charge in [0.25, 0.3) is 0 Å². The van der Waals surface area contributed by atoms with E-state index in [4.69, 9.17) is 9.47 Å². The number of carboxylic acids is 1. The van der Waals surface area contributed by atoms with Gasteiger partial charge in [-0.3, -0.25) is 10.2 Å². The van der Waals surface area contributed by atoms with Crippen LogP contribution in [-0.4, -0.2) is 46.4 Å². The van der Waals surface area contributed by atoms with E-state index in [-0.39, 0.29) is 25.5 Å². The number of anilines is 1. The van der Waals surface area contributed by atoms with Gasteiger partial charge in [0.15, 0.2) is 0 Å². The molecule has 2 N–H and O–H groups in total. The number of hydrogen-bond acceptors (Lipinski definition) is 5. The van der Waals surface area contributed by atoms with Gasteiger partial charge in [0, 0.05) is 18.0 Å². The first-order valence-corrected chi connectivity index (χ1v) is 12.6. The molecule has 1 heterocycles. The standard InChI is InChI=1S/C30H30N2O6/c1-30(2,3)38-28(35)31-20-13-12-18-15-26(27(33)34)32(16-19(18)14-20)29(36)37-17-25-23-10-6-4-8-21(23)22-9-5-7-11-24(22)25/h4-14,25-26H,15-17H2,1-3H3,(H,31,35)(H,33,34)/t26-/m1/s1. The van der Waals surface area contributed by atoms with E-state index in [9.17, 15) is 19.5 Å². The lowest BCUT2D eigenvalue weighted by Crippen LogP contribution is -2.49. The Morgan fingerprint density at radius 2 is 1.58 bits per heavy atom. The van der Waals surface area contributed by atoms with E-state index in [0.717, 1.165) is 33.4 Å². The number of rotatable bonds is 4. The van der Waals surface area contributed by atoms with Gasteiger partial charge in [0.05, 0.1) is 6.54 Å². The Morgan fingerprint density at radius 3 is 2.18 bits per heavy atom. The molecule has 0 saturated carbocycles. The number of aliphatic carboxylic acids is 1. The van der Waals surface area contributed by atoms with Crippen LogP contribution in [0.1, 0.15) is 48.9 Å². The molecule has 2 aliphatic rings. The summed E-state index contributed by atoms with van der Waals surface area (Å²) in [5.74, 6) is -1.23. The van der Waals surface area contributed by atoms with Crippen LogP contribution in [0, 0.1) is 0 Å². The van der Waals surface area contributed by atoms with Crippen LogP contribution in [0.3, 0.4) is 0 Å². The van der Waals surface area contributed by atoms with E-state index in [1.165, 1.54) is 4.90 Å². The number of benzene rings is 3. The van der Waals surface area contributed by atoms with Gasteiger partial charge < -0.3 is 14.6 Å². The third-order valence-corrected chi connectivity index (χ3v) is 6.84. The van der Waals surface area contributed by atoms with E-state index < -0.39 is 29.8 Å². The summed E-state index contributed by atoms with van der Waals surface area (Å²) in [6.07, 6.45) is -1.14. The molecule has 1 aliphatic carbocycles. The number of carbonyl (C=O) groups excluding carboxylic acids is 2. The highest BCUT2D eigenvalue weighted by molar-refractivity contribution is 5.86. The molecule has 0 saturated heterocycles. The number of nitrogens with one attached hydrogen (secondary N) is 1. The van der Waals surface area contributed by atoms with Gasteiger partial charge in [-0.1, -0.05) is 54.6 Å². The molecule has 196 valence electrons. The molecule has 0 unspecified atom stereocenters. The lowest BCUT2D eigenvalue weighted by Gasteiger charge is -2.34. The van der Waals surface area contributed by atoms with Crippen LogP contribution in [0.2, 0.25) is 0 Å². The van der Waals surface area contributed by atoms with Gasteiger partial charge in [-0.15, -0.1) is 0 Å². The van der Waals surface area contributed by atoms with Crippen molar-refractivity contribution in [3.63, 3.8) is 0 Å². The second-order valence-electron chi connectivity index (χ2n) is 10.6. The first kappa shape index (κ1) is 25.3. The summed E-state index contributed by atoms with van der Waals surface area (Å²) in [5, 5.41) is 12.6. The Morgan fingerprint density at radius 1 is 0.947 bits per heavy atom. The summed E-state index contributed by atoms with van der Waals surface area (Å²) in [6.45, 7) is 5.48. The van der Waals surface area contributed by atoms with Crippen LogP contribution in [0.15, 0.2) is 66.7 Å². The summed E-state index contributed by atoms with van der Waals surface area (Å²) in [7, 11) is 0. The number of ether oxygens (including phenoxy) is 2. The molecule has 0 spiro atoms. The van der Waals surface area contributed by atoms with Crippen LogP contribution in [0.4, 0.5) is 15.3 Å². The molecule has 1 aliphatic heterocycles. The summed E-state index contributed by atoms with van der Waals surface area (Å²) in [4.78, 5) is 38.8. The topological polar surface area (TPSA) is 105 Å². The maximum Gasteiger partial charge on any atom is 0.412 e. The molecule has 38 heavy (non-hydrogen) atoms. The molecule has 0 radical (unpaired) electrons. The van der Waals surface area contributed by atoms with Crippen molar-refractivity contribution < 1.29 is 29.0 Å². The first-order valence-electron chi connectivity index (χ1n) is 12.6. The minimum Gasteiger partial charge on any atom is -0.480 e. The van der Waals surface area contributed by atoms with Crippen molar-refractivity contribution in [3.05, 3.63) is 89.0 Å². The minimum absolute atomic E-state index is 0.0484. The molecular formula is C30H30N2O6. The molecule has 2 amide bonds. The number of carbonyl (C=O) groups is 3. The van der Waals surface area contributed by atoms with Crippen molar-refractivity contribution in [2.24, 2.45) is 0 Å². The molecule has 5 rings (SSSR count). The number of nitrogens with zero attached hydrogens (tertiary/aromatic N) is 1. The second-order valence-corrected chi connectivity index (χ2v) is 10.6. The van der Waals surface area contributed by atoms with E-state index in [1.807, 2.05) is 36.4 Å². The highest BCUT2D eigenvalue weighted by atomic mass is 16.6. The normalized spacial score (nSPS) is 16.2. The summed E-state index contributed by atoms with van der Waals surface area (Å²) in [6, 6.07) is 20.2.